The van der Waals surface area contributed by atoms with Gasteiger partial charge in [0.15, 0.2) is 5.69 Å². The molecule has 0 aliphatic carbocycles. The molecule has 0 saturated heterocycles. The van der Waals surface area contributed by atoms with Gasteiger partial charge in [0, 0.05) is 25.1 Å². The predicted molar refractivity (Wildman–Crippen MR) is 110 cm³/mol. The van der Waals surface area contributed by atoms with Crippen molar-refractivity contribution in [3.8, 4) is 0 Å². The molecule has 8 heteroatoms. The smallest absolute Gasteiger partial charge is 0.357 e. The number of benzene rings is 1. The van der Waals surface area contributed by atoms with Gasteiger partial charge in [-0.3, -0.25) is 4.79 Å². The molecule has 0 bridgehead atoms. The molecule has 1 heterocycles. The second kappa shape index (κ2) is 11.8. The molecular formula is C20H25ClN2O4S. The fourth-order valence-electron chi connectivity index (χ4n) is 2.54. The van der Waals surface area contributed by atoms with Crippen molar-refractivity contribution in [3.63, 3.8) is 0 Å². The van der Waals surface area contributed by atoms with Crippen molar-refractivity contribution in [2.24, 2.45) is 0 Å². The van der Waals surface area contributed by atoms with Gasteiger partial charge in [-0.25, -0.2) is 9.78 Å². The Morgan fingerprint density at radius 3 is 2.64 bits per heavy atom. The fourth-order valence-corrected chi connectivity index (χ4v) is 3.60. The fraction of sp³-hybridized carbons (Fsp3) is 0.450. The van der Waals surface area contributed by atoms with Crippen molar-refractivity contribution in [1.29, 1.82) is 0 Å². The molecule has 0 spiro atoms. The molecule has 6 nitrogen and oxygen atoms in total. The van der Waals surface area contributed by atoms with E-state index >= 15 is 0 Å². The van der Waals surface area contributed by atoms with Gasteiger partial charge < -0.3 is 14.4 Å². The maximum absolute atomic E-state index is 13.0. The Labute approximate surface area is 174 Å². The average molecular weight is 425 g/mol. The maximum Gasteiger partial charge on any atom is 0.357 e. The molecule has 2 rings (SSSR count). The number of hydrogen-bond acceptors (Lipinski definition) is 6. The molecular weight excluding hydrogens is 400 g/mol. The average Bonchev–Trinajstić information content (AvgIpc) is 3.19. The molecule has 0 N–H and O–H groups in total. The van der Waals surface area contributed by atoms with E-state index in [9.17, 15) is 9.59 Å². The lowest BCUT2D eigenvalue weighted by Gasteiger charge is -2.24. The summed E-state index contributed by atoms with van der Waals surface area (Å²) in [6.45, 7) is 5.93. The van der Waals surface area contributed by atoms with E-state index in [1.807, 2.05) is 37.3 Å². The molecule has 0 fully saturated rings. The lowest BCUT2D eigenvalue weighted by atomic mass is 10.1. The Morgan fingerprint density at radius 1 is 1.21 bits per heavy atom. The second-order valence-corrected chi connectivity index (χ2v) is 7.31. The highest BCUT2D eigenvalue weighted by molar-refractivity contribution is 7.09. The largest absolute Gasteiger partial charge is 0.461 e. The lowest BCUT2D eigenvalue weighted by Crippen LogP contribution is -2.34. The number of aromatic nitrogens is 1. The summed E-state index contributed by atoms with van der Waals surface area (Å²) in [5, 5.41) is 1.52. The number of thiazole rings is 1. The molecule has 1 amide bonds. The summed E-state index contributed by atoms with van der Waals surface area (Å²) < 4.78 is 10.3. The number of esters is 1. The van der Waals surface area contributed by atoms with Crippen molar-refractivity contribution in [1.82, 2.24) is 9.88 Å². The number of carbonyl (C=O) groups excluding carboxylic acids is 2. The van der Waals surface area contributed by atoms with Crippen LogP contribution < -0.4 is 0 Å². The molecule has 152 valence electrons. The minimum atomic E-state index is -0.780. The predicted octanol–water partition coefficient (Wildman–Crippen LogP) is 4.06. The molecule has 0 unspecified atom stereocenters. The minimum absolute atomic E-state index is 0.197. The highest BCUT2D eigenvalue weighted by atomic mass is 35.5. The Hall–Kier alpha value is -1.96. The molecule has 1 atom stereocenters. The van der Waals surface area contributed by atoms with Crippen molar-refractivity contribution < 1.29 is 19.1 Å². The van der Waals surface area contributed by atoms with Crippen LogP contribution in [0.1, 0.15) is 46.7 Å². The van der Waals surface area contributed by atoms with Crippen molar-refractivity contribution >= 4 is 34.8 Å². The standard InChI is InChI=1S/C20H25ClN2O4S/c1-3-26-12-8-11-23(19(24)18(21)15-9-6-5-7-10-15)13-17-22-16(14-28-17)20(25)27-4-2/h5-7,9-10,14,18H,3-4,8,11-13H2,1-2H3/t18-/m0/s1. The van der Waals surface area contributed by atoms with Gasteiger partial charge in [-0.15, -0.1) is 22.9 Å². The second-order valence-electron chi connectivity index (χ2n) is 5.93. The molecule has 0 radical (unpaired) electrons. The zero-order valence-electron chi connectivity index (χ0n) is 16.1. The van der Waals surface area contributed by atoms with Crippen LogP contribution in [-0.4, -0.2) is 48.1 Å². The van der Waals surface area contributed by atoms with Crippen LogP contribution in [0.15, 0.2) is 35.7 Å². The van der Waals surface area contributed by atoms with E-state index in [0.717, 1.165) is 5.56 Å². The number of halogens is 1. The highest BCUT2D eigenvalue weighted by Gasteiger charge is 2.25. The third kappa shape index (κ3) is 6.58. The van der Waals surface area contributed by atoms with Crippen LogP contribution in [0.2, 0.25) is 0 Å². The van der Waals surface area contributed by atoms with Crippen molar-refractivity contribution in [2.45, 2.75) is 32.2 Å². The first-order chi connectivity index (χ1) is 13.6. The van der Waals surface area contributed by atoms with E-state index in [2.05, 4.69) is 4.98 Å². The molecule has 0 aliphatic rings. The summed E-state index contributed by atoms with van der Waals surface area (Å²) >= 11 is 7.76. The van der Waals surface area contributed by atoms with Crippen LogP contribution in [-0.2, 0) is 20.8 Å². The Bertz CT molecular complexity index is 754. The SMILES string of the molecule is CCOCCCN(Cc1nc(C(=O)OCC)cs1)C(=O)[C@@H](Cl)c1ccccc1. The van der Waals surface area contributed by atoms with Crippen LogP contribution >= 0.6 is 22.9 Å². The Kier molecular flexibility index (Phi) is 9.40. The van der Waals surface area contributed by atoms with Gasteiger partial charge in [0.2, 0.25) is 5.91 Å². The van der Waals surface area contributed by atoms with Gasteiger partial charge in [-0.05, 0) is 25.8 Å². The van der Waals surface area contributed by atoms with Gasteiger partial charge in [0.05, 0.1) is 13.2 Å². The van der Waals surface area contributed by atoms with E-state index in [0.29, 0.717) is 37.8 Å². The van der Waals surface area contributed by atoms with E-state index in [4.69, 9.17) is 21.1 Å². The Morgan fingerprint density at radius 2 is 1.96 bits per heavy atom. The van der Waals surface area contributed by atoms with Gasteiger partial charge in [0.25, 0.3) is 0 Å². The topological polar surface area (TPSA) is 68.7 Å². The number of ether oxygens (including phenoxy) is 2. The van der Waals surface area contributed by atoms with Crippen LogP contribution in [0.25, 0.3) is 0 Å². The first-order valence-corrected chi connectivity index (χ1v) is 10.6. The van der Waals surface area contributed by atoms with Crippen LogP contribution in [0.5, 0.6) is 0 Å². The molecule has 0 saturated carbocycles. The number of rotatable bonds is 11. The van der Waals surface area contributed by atoms with Gasteiger partial charge in [-0.2, -0.15) is 0 Å². The van der Waals surface area contributed by atoms with E-state index < -0.39 is 11.3 Å². The minimum Gasteiger partial charge on any atom is -0.461 e. The number of nitrogens with zero attached hydrogens (tertiary/aromatic N) is 2. The van der Waals surface area contributed by atoms with Gasteiger partial charge >= 0.3 is 5.97 Å². The van der Waals surface area contributed by atoms with Crippen LogP contribution in [0, 0.1) is 0 Å². The van der Waals surface area contributed by atoms with E-state index in [1.165, 1.54) is 11.3 Å². The van der Waals surface area contributed by atoms with Gasteiger partial charge in [0.1, 0.15) is 10.4 Å². The van der Waals surface area contributed by atoms with Crippen LogP contribution in [0.4, 0.5) is 0 Å². The van der Waals surface area contributed by atoms with E-state index in [-0.39, 0.29) is 18.1 Å². The summed E-state index contributed by atoms with van der Waals surface area (Å²) in [4.78, 5) is 30.8. The number of carbonyl (C=O) groups is 2. The Balaban J connectivity index is 2.10. The summed E-state index contributed by atoms with van der Waals surface area (Å²) in [5.41, 5.74) is 1.00. The summed E-state index contributed by atoms with van der Waals surface area (Å²) in [6.07, 6.45) is 0.689. The molecule has 1 aromatic heterocycles. The normalized spacial score (nSPS) is 11.8. The molecule has 2 aromatic rings. The summed E-state index contributed by atoms with van der Waals surface area (Å²) in [7, 11) is 0. The molecule has 1 aromatic carbocycles. The third-order valence-electron chi connectivity index (χ3n) is 3.90. The van der Waals surface area contributed by atoms with E-state index in [1.54, 1.807) is 17.2 Å². The van der Waals surface area contributed by atoms with Crippen LogP contribution in [0.3, 0.4) is 0 Å². The van der Waals surface area contributed by atoms with Gasteiger partial charge in [-0.1, -0.05) is 30.3 Å². The summed E-state index contributed by atoms with van der Waals surface area (Å²) in [6, 6.07) is 9.24. The molecule has 0 aliphatic heterocycles. The monoisotopic (exact) mass is 424 g/mol. The zero-order chi connectivity index (χ0) is 20.4. The maximum atomic E-state index is 13.0. The quantitative estimate of drug-likeness (QED) is 0.309. The first-order valence-electron chi connectivity index (χ1n) is 9.23. The van der Waals surface area contributed by atoms with Crippen molar-refractivity contribution in [2.75, 3.05) is 26.4 Å². The zero-order valence-corrected chi connectivity index (χ0v) is 17.7. The lowest BCUT2D eigenvalue weighted by molar-refractivity contribution is -0.131. The number of hydrogen-bond donors (Lipinski definition) is 0. The number of alkyl halides is 1. The third-order valence-corrected chi connectivity index (χ3v) is 5.18. The molecule has 28 heavy (non-hydrogen) atoms. The summed E-state index contributed by atoms with van der Waals surface area (Å²) in [5.74, 6) is -0.657. The van der Waals surface area contributed by atoms with Crippen molar-refractivity contribution in [3.05, 3.63) is 52.0 Å². The highest BCUT2D eigenvalue weighted by Crippen LogP contribution is 2.24. The first kappa shape index (κ1) is 22.3. The number of amides is 1.